The van der Waals surface area contributed by atoms with Crippen molar-refractivity contribution in [1.82, 2.24) is 4.98 Å². The number of aromatic nitrogens is 1. The number of Topliss-reactive ketones (excluding diaryl/α,β-unsaturated/α-hetero) is 1. The van der Waals surface area contributed by atoms with Crippen LogP contribution in [0.4, 0.5) is 0 Å². The van der Waals surface area contributed by atoms with Crippen LogP contribution < -0.4 is 0 Å². The van der Waals surface area contributed by atoms with Crippen LogP contribution in [-0.4, -0.2) is 10.8 Å². The van der Waals surface area contributed by atoms with Gasteiger partial charge in [-0.3, -0.25) is 4.79 Å². The summed E-state index contributed by atoms with van der Waals surface area (Å²) >= 11 is 0. The fraction of sp³-hybridized carbons (Fsp3) is 0.333. The molecule has 1 unspecified atom stereocenters. The quantitative estimate of drug-likeness (QED) is 0.811. The van der Waals surface area contributed by atoms with E-state index in [9.17, 15) is 4.79 Å². The molecule has 0 bridgehead atoms. The standard InChI is InChI=1S/C15H15NO2/c1-10(17)12-7-8-13-14(9-12)18-15(16-13)11-5-3-2-4-6-11/h2-6,12H,7-9H2,1H3. The summed E-state index contributed by atoms with van der Waals surface area (Å²) in [5, 5.41) is 0. The highest BCUT2D eigenvalue weighted by Gasteiger charge is 2.26. The summed E-state index contributed by atoms with van der Waals surface area (Å²) in [5.41, 5.74) is 2.01. The molecular weight excluding hydrogens is 226 g/mol. The number of rotatable bonds is 2. The van der Waals surface area contributed by atoms with Crippen molar-refractivity contribution in [3.05, 3.63) is 41.8 Å². The Morgan fingerprint density at radius 3 is 2.83 bits per heavy atom. The van der Waals surface area contributed by atoms with Gasteiger partial charge in [-0.25, -0.2) is 4.98 Å². The number of aryl methyl sites for hydroxylation is 1. The molecule has 1 atom stereocenters. The van der Waals surface area contributed by atoms with E-state index in [1.807, 2.05) is 30.3 Å². The Kier molecular flexibility index (Phi) is 2.74. The zero-order valence-corrected chi connectivity index (χ0v) is 10.3. The lowest BCUT2D eigenvalue weighted by molar-refractivity contribution is -0.121. The SMILES string of the molecule is CC(=O)C1CCc2nc(-c3ccccc3)oc2C1. The summed E-state index contributed by atoms with van der Waals surface area (Å²) in [6.07, 6.45) is 2.43. The second-order valence-electron chi connectivity index (χ2n) is 4.81. The number of benzene rings is 1. The Labute approximate surface area is 106 Å². The van der Waals surface area contributed by atoms with E-state index in [-0.39, 0.29) is 11.7 Å². The fourth-order valence-electron chi connectivity index (χ4n) is 2.43. The molecule has 0 aliphatic heterocycles. The van der Waals surface area contributed by atoms with Crippen LogP contribution in [-0.2, 0) is 17.6 Å². The first kappa shape index (κ1) is 11.2. The topological polar surface area (TPSA) is 43.1 Å². The van der Waals surface area contributed by atoms with Crippen molar-refractivity contribution in [2.24, 2.45) is 5.92 Å². The molecule has 0 radical (unpaired) electrons. The molecule has 2 aromatic rings. The van der Waals surface area contributed by atoms with Gasteiger partial charge in [-0.05, 0) is 31.9 Å². The number of carbonyl (C=O) groups is 1. The molecule has 1 aromatic heterocycles. The molecule has 18 heavy (non-hydrogen) atoms. The Morgan fingerprint density at radius 1 is 1.33 bits per heavy atom. The molecule has 3 rings (SSSR count). The molecule has 1 heterocycles. The number of hydrogen-bond donors (Lipinski definition) is 0. The van der Waals surface area contributed by atoms with E-state index in [0.29, 0.717) is 12.3 Å². The minimum Gasteiger partial charge on any atom is -0.441 e. The van der Waals surface area contributed by atoms with Gasteiger partial charge in [0, 0.05) is 17.9 Å². The highest BCUT2D eigenvalue weighted by molar-refractivity contribution is 5.78. The van der Waals surface area contributed by atoms with Crippen molar-refractivity contribution in [2.75, 3.05) is 0 Å². The van der Waals surface area contributed by atoms with Gasteiger partial charge in [0.05, 0.1) is 5.69 Å². The molecule has 0 amide bonds. The first-order valence-corrected chi connectivity index (χ1v) is 6.28. The normalized spacial score (nSPS) is 18.4. The van der Waals surface area contributed by atoms with Gasteiger partial charge >= 0.3 is 0 Å². The van der Waals surface area contributed by atoms with Crippen molar-refractivity contribution < 1.29 is 9.21 Å². The van der Waals surface area contributed by atoms with Crippen molar-refractivity contribution in [1.29, 1.82) is 0 Å². The van der Waals surface area contributed by atoms with Gasteiger partial charge in [0.15, 0.2) is 0 Å². The molecule has 0 fully saturated rings. The van der Waals surface area contributed by atoms with E-state index in [1.54, 1.807) is 6.92 Å². The van der Waals surface area contributed by atoms with E-state index in [1.165, 1.54) is 0 Å². The maximum absolute atomic E-state index is 11.4. The number of fused-ring (bicyclic) bond motifs is 1. The zero-order chi connectivity index (χ0) is 12.5. The summed E-state index contributed by atoms with van der Waals surface area (Å²) in [5.74, 6) is 1.91. The van der Waals surface area contributed by atoms with Gasteiger partial charge in [-0.2, -0.15) is 0 Å². The summed E-state index contributed by atoms with van der Waals surface area (Å²) in [4.78, 5) is 16.0. The Morgan fingerprint density at radius 2 is 2.11 bits per heavy atom. The predicted octanol–water partition coefficient (Wildman–Crippen LogP) is 3.04. The smallest absolute Gasteiger partial charge is 0.226 e. The lowest BCUT2D eigenvalue weighted by atomic mass is 9.88. The molecule has 0 N–H and O–H groups in total. The zero-order valence-electron chi connectivity index (χ0n) is 10.3. The van der Waals surface area contributed by atoms with Crippen molar-refractivity contribution in [3.63, 3.8) is 0 Å². The largest absolute Gasteiger partial charge is 0.441 e. The van der Waals surface area contributed by atoms with Gasteiger partial charge in [-0.15, -0.1) is 0 Å². The maximum Gasteiger partial charge on any atom is 0.226 e. The van der Waals surface area contributed by atoms with Gasteiger partial charge < -0.3 is 4.42 Å². The molecule has 0 spiro atoms. The van der Waals surface area contributed by atoms with E-state index in [0.717, 1.165) is 29.9 Å². The third kappa shape index (κ3) is 1.96. The predicted molar refractivity (Wildman–Crippen MR) is 68.1 cm³/mol. The van der Waals surface area contributed by atoms with Crippen molar-refractivity contribution in [3.8, 4) is 11.5 Å². The lowest BCUT2D eigenvalue weighted by Crippen LogP contribution is -2.19. The fourth-order valence-corrected chi connectivity index (χ4v) is 2.43. The first-order chi connectivity index (χ1) is 8.74. The van der Waals surface area contributed by atoms with Crippen LogP contribution in [0.15, 0.2) is 34.7 Å². The number of ketones is 1. The number of carbonyl (C=O) groups excluding carboxylic acids is 1. The third-order valence-corrected chi connectivity index (χ3v) is 3.54. The van der Waals surface area contributed by atoms with Crippen LogP contribution in [0.1, 0.15) is 24.8 Å². The summed E-state index contributed by atoms with van der Waals surface area (Å²) in [6.45, 7) is 1.66. The first-order valence-electron chi connectivity index (χ1n) is 6.28. The minimum atomic E-state index is 0.106. The third-order valence-electron chi connectivity index (χ3n) is 3.54. The maximum atomic E-state index is 11.4. The van der Waals surface area contributed by atoms with E-state index in [2.05, 4.69) is 4.98 Å². The molecule has 1 aliphatic rings. The van der Waals surface area contributed by atoms with E-state index < -0.39 is 0 Å². The summed E-state index contributed by atoms with van der Waals surface area (Å²) < 4.78 is 5.81. The second kappa shape index (κ2) is 4.41. The Hall–Kier alpha value is -1.90. The van der Waals surface area contributed by atoms with E-state index >= 15 is 0 Å². The van der Waals surface area contributed by atoms with Gasteiger partial charge in [-0.1, -0.05) is 18.2 Å². The second-order valence-corrected chi connectivity index (χ2v) is 4.81. The highest BCUT2D eigenvalue weighted by atomic mass is 16.4. The van der Waals surface area contributed by atoms with Crippen molar-refractivity contribution >= 4 is 5.78 Å². The molecule has 92 valence electrons. The van der Waals surface area contributed by atoms with Crippen LogP contribution in [0.5, 0.6) is 0 Å². The molecule has 3 heteroatoms. The number of hydrogen-bond acceptors (Lipinski definition) is 3. The van der Waals surface area contributed by atoms with Crippen LogP contribution in [0, 0.1) is 5.92 Å². The van der Waals surface area contributed by atoms with Gasteiger partial charge in [0.25, 0.3) is 0 Å². The molecule has 0 saturated heterocycles. The lowest BCUT2D eigenvalue weighted by Gasteiger charge is -2.16. The molecule has 1 aliphatic carbocycles. The summed E-state index contributed by atoms with van der Waals surface area (Å²) in [6, 6.07) is 9.88. The average Bonchev–Trinajstić information content (AvgIpc) is 2.82. The van der Waals surface area contributed by atoms with Crippen LogP contribution in [0.25, 0.3) is 11.5 Å². The number of nitrogens with zero attached hydrogens (tertiary/aromatic N) is 1. The Bertz CT molecular complexity index is 571. The molecule has 0 saturated carbocycles. The number of oxazole rings is 1. The monoisotopic (exact) mass is 241 g/mol. The minimum absolute atomic E-state index is 0.106. The van der Waals surface area contributed by atoms with Crippen molar-refractivity contribution in [2.45, 2.75) is 26.2 Å². The molecule has 1 aromatic carbocycles. The van der Waals surface area contributed by atoms with Gasteiger partial charge in [0.2, 0.25) is 5.89 Å². The van der Waals surface area contributed by atoms with Crippen LogP contribution in [0.3, 0.4) is 0 Å². The summed E-state index contributed by atoms with van der Waals surface area (Å²) in [7, 11) is 0. The van der Waals surface area contributed by atoms with Crippen LogP contribution in [0.2, 0.25) is 0 Å². The molecule has 3 nitrogen and oxygen atoms in total. The molecular formula is C15H15NO2. The van der Waals surface area contributed by atoms with E-state index in [4.69, 9.17) is 4.42 Å². The highest BCUT2D eigenvalue weighted by Crippen LogP contribution is 2.30. The Balaban J connectivity index is 1.92. The van der Waals surface area contributed by atoms with Gasteiger partial charge in [0.1, 0.15) is 11.5 Å². The van der Waals surface area contributed by atoms with Crippen LogP contribution >= 0.6 is 0 Å². The average molecular weight is 241 g/mol.